The number of fused-ring (bicyclic) bond motifs is 1. The van der Waals surface area contributed by atoms with Gasteiger partial charge in [-0.3, -0.25) is 14.3 Å². The van der Waals surface area contributed by atoms with Gasteiger partial charge in [-0.1, -0.05) is 24.3 Å². The van der Waals surface area contributed by atoms with Crippen LogP contribution in [0.25, 0.3) is 17.1 Å². The topological polar surface area (TPSA) is 55.1 Å². The molecule has 178 valence electrons. The van der Waals surface area contributed by atoms with Crippen LogP contribution in [-0.4, -0.2) is 38.2 Å². The third kappa shape index (κ3) is 4.52. The maximum Gasteiger partial charge on any atom is 0.237 e. The van der Waals surface area contributed by atoms with Crippen LogP contribution in [0.4, 0.5) is 8.78 Å². The number of carbonyl (C=O) groups is 1. The number of hydrogen-bond donors (Lipinski definition) is 1. The Balaban J connectivity index is 1.58. The molecule has 0 unspecified atom stereocenters. The maximum atomic E-state index is 13.6. The summed E-state index contributed by atoms with van der Waals surface area (Å²) in [5.74, 6) is -0.310. The first-order chi connectivity index (χ1) is 16.9. The molecule has 3 aromatic carbocycles. The third-order valence-corrected chi connectivity index (χ3v) is 6.63. The van der Waals surface area contributed by atoms with Crippen molar-refractivity contribution in [3.8, 4) is 17.1 Å². The highest BCUT2D eigenvalue weighted by Crippen LogP contribution is 2.27. The molecule has 1 aromatic heterocycles. The summed E-state index contributed by atoms with van der Waals surface area (Å²) in [6.07, 6.45) is 0.576. The zero-order chi connectivity index (χ0) is 24.5. The van der Waals surface area contributed by atoms with E-state index in [1.54, 1.807) is 40.6 Å². The molecule has 2 heterocycles. The molecule has 4 aromatic rings. The smallest absolute Gasteiger partial charge is 0.237 e. The molecule has 0 bridgehead atoms. The number of nitrogens with one attached hydrogen (secondary N) is 1. The second-order valence-electron chi connectivity index (χ2n) is 8.42. The lowest BCUT2D eigenvalue weighted by Crippen LogP contribution is -2.50. The predicted octanol–water partition coefficient (Wildman–Crippen LogP) is 4.48. The van der Waals surface area contributed by atoms with Crippen molar-refractivity contribution in [1.82, 2.24) is 24.6 Å². The van der Waals surface area contributed by atoms with E-state index in [1.165, 1.54) is 24.3 Å². The third-order valence-electron chi connectivity index (χ3n) is 6.24. The molecular weight excluding hydrogens is 468 g/mol. The van der Waals surface area contributed by atoms with E-state index in [2.05, 4.69) is 11.4 Å². The van der Waals surface area contributed by atoms with E-state index >= 15 is 0 Å². The highest BCUT2D eigenvalue weighted by atomic mass is 32.1. The molecule has 1 N–H and O–H groups in total. The Morgan fingerprint density at radius 3 is 2.29 bits per heavy atom. The monoisotopic (exact) mass is 491 g/mol. The number of benzene rings is 3. The van der Waals surface area contributed by atoms with Gasteiger partial charge in [-0.25, -0.2) is 13.5 Å². The van der Waals surface area contributed by atoms with Crippen LogP contribution >= 0.6 is 12.2 Å². The number of halogens is 2. The van der Waals surface area contributed by atoms with E-state index in [4.69, 9.17) is 17.3 Å². The lowest BCUT2D eigenvalue weighted by atomic mass is 9.94. The highest BCUT2D eigenvalue weighted by Gasteiger charge is 2.31. The van der Waals surface area contributed by atoms with Gasteiger partial charge in [0.15, 0.2) is 5.82 Å². The lowest BCUT2D eigenvalue weighted by Gasteiger charge is -2.35. The van der Waals surface area contributed by atoms with Crippen molar-refractivity contribution in [2.24, 2.45) is 0 Å². The molecule has 1 aliphatic heterocycles. The Labute approximate surface area is 206 Å². The molecule has 6 nitrogen and oxygen atoms in total. The summed E-state index contributed by atoms with van der Waals surface area (Å²) in [5, 5.41) is 7.53. The summed E-state index contributed by atoms with van der Waals surface area (Å²) in [5.41, 5.74) is 3.59. The Hall–Kier alpha value is -3.69. The number of rotatable bonds is 5. The van der Waals surface area contributed by atoms with Crippen molar-refractivity contribution in [3.05, 3.63) is 100 Å². The van der Waals surface area contributed by atoms with Crippen LogP contribution in [-0.2, 0) is 24.4 Å². The number of hydrogen-bond acceptors (Lipinski definition) is 4. The number of aromatic nitrogens is 3. The number of carbonyl (C=O) groups excluding carboxylic acids is 1. The van der Waals surface area contributed by atoms with Gasteiger partial charge in [0.1, 0.15) is 11.6 Å². The summed E-state index contributed by atoms with van der Waals surface area (Å²) in [6.45, 7) is 0.832. The quantitative estimate of drug-likeness (QED) is 0.419. The van der Waals surface area contributed by atoms with Gasteiger partial charge in [0.05, 0.1) is 18.4 Å². The van der Waals surface area contributed by atoms with Gasteiger partial charge in [0.2, 0.25) is 10.7 Å². The predicted molar refractivity (Wildman–Crippen MR) is 131 cm³/mol. The van der Waals surface area contributed by atoms with Gasteiger partial charge >= 0.3 is 0 Å². The molecule has 0 spiro atoms. The minimum atomic E-state index is -0.387. The van der Waals surface area contributed by atoms with Crippen molar-refractivity contribution < 1.29 is 13.6 Å². The van der Waals surface area contributed by atoms with E-state index in [0.717, 1.165) is 11.1 Å². The molecule has 1 amide bonds. The largest absolute Gasteiger partial charge is 0.358 e. The average Bonchev–Trinajstić information content (AvgIpc) is 3.19. The summed E-state index contributed by atoms with van der Waals surface area (Å²) in [4.78, 5) is 14.8. The minimum Gasteiger partial charge on any atom is -0.358 e. The van der Waals surface area contributed by atoms with Crippen LogP contribution in [0.1, 0.15) is 11.1 Å². The van der Waals surface area contributed by atoms with Crippen LogP contribution in [0.2, 0.25) is 0 Å². The molecule has 5 rings (SSSR count). The molecule has 1 aliphatic rings. The van der Waals surface area contributed by atoms with E-state index in [0.29, 0.717) is 34.8 Å². The minimum absolute atomic E-state index is 0.0808. The zero-order valence-corrected chi connectivity index (χ0v) is 19.8. The Morgan fingerprint density at radius 1 is 1.00 bits per heavy atom. The second-order valence-corrected chi connectivity index (χ2v) is 8.78. The molecule has 35 heavy (non-hydrogen) atoms. The van der Waals surface area contributed by atoms with Crippen LogP contribution in [0, 0.1) is 16.4 Å². The molecular formula is C26H23F2N5OS. The van der Waals surface area contributed by atoms with E-state index in [1.807, 2.05) is 23.1 Å². The lowest BCUT2D eigenvalue weighted by molar-refractivity contribution is -0.127. The Morgan fingerprint density at radius 2 is 1.63 bits per heavy atom. The van der Waals surface area contributed by atoms with Crippen molar-refractivity contribution in [2.45, 2.75) is 25.7 Å². The highest BCUT2D eigenvalue weighted by molar-refractivity contribution is 7.71. The van der Waals surface area contributed by atoms with Crippen molar-refractivity contribution in [1.29, 1.82) is 0 Å². The maximum absolute atomic E-state index is 13.6. The normalized spacial score (nSPS) is 15.6. The first-order valence-corrected chi connectivity index (χ1v) is 11.6. The first kappa shape index (κ1) is 23.1. The van der Waals surface area contributed by atoms with Gasteiger partial charge in [-0.2, -0.15) is 0 Å². The van der Waals surface area contributed by atoms with E-state index < -0.39 is 0 Å². The van der Waals surface area contributed by atoms with E-state index in [-0.39, 0.29) is 30.3 Å². The van der Waals surface area contributed by atoms with Crippen LogP contribution < -0.4 is 5.32 Å². The van der Waals surface area contributed by atoms with Crippen LogP contribution in [0.3, 0.4) is 0 Å². The summed E-state index contributed by atoms with van der Waals surface area (Å²) in [7, 11) is 1.63. The molecule has 0 radical (unpaired) electrons. The fraction of sp³-hybridized carbons (Fsp3) is 0.192. The summed E-state index contributed by atoms with van der Waals surface area (Å²) < 4.78 is 31.0. The Bertz CT molecular complexity index is 1430. The molecule has 0 saturated heterocycles. The van der Waals surface area contributed by atoms with Crippen LogP contribution in [0.15, 0.2) is 72.8 Å². The van der Waals surface area contributed by atoms with Crippen LogP contribution in [0.5, 0.6) is 0 Å². The molecule has 9 heteroatoms. The van der Waals surface area contributed by atoms with Gasteiger partial charge in [-0.05, 0) is 78.3 Å². The van der Waals surface area contributed by atoms with Crippen molar-refractivity contribution >= 4 is 18.1 Å². The summed E-state index contributed by atoms with van der Waals surface area (Å²) in [6, 6.07) is 19.6. The number of amides is 1. The molecule has 0 fully saturated rings. The Kier molecular flexibility index (Phi) is 6.27. The number of likely N-dealkylation sites (N-methyl/N-ethyl adjacent to an activating group) is 1. The molecule has 0 saturated carbocycles. The fourth-order valence-electron chi connectivity index (χ4n) is 4.43. The van der Waals surface area contributed by atoms with E-state index in [9.17, 15) is 13.6 Å². The molecule has 1 atom stereocenters. The number of nitrogens with zero attached hydrogens (tertiary/aromatic N) is 4. The van der Waals surface area contributed by atoms with Gasteiger partial charge < -0.3 is 5.32 Å². The first-order valence-electron chi connectivity index (χ1n) is 11.2. The zero-order valence-electron chi connectivity index (χ0n) is 19.0. The fourth-order valence-corrected chi connectivity index (χ4v) is 4.72. The van der Waals surface area contributed by atoms with Crippen molar-refractivity contribution in [3.63, 3.8) is 0 Å². The average molecular weight is 492 g/mol. The van der Waals surface area contributed by atoms with Crippen molar-refractivity contribution in [2.75, 3.05) is 7.05 Å². The standard InChI is InChI=1S/C26H23F2N5OS/c1-29-25(34)23-14-18-4-2-3-5-19(18)15-31(23)16-32-26(35)33(22-12-10-21(28)11-13-22)24(30-32)17-6-8-20(27)9-7-17/h2-13,23H,14-16H2,1H3,(H,29,34)/t23-/m0/s1. The SMILES string of the molecule is CNC(=O)[C@@H]1Cc2ccccc2CN1Cn1nc(-c2ccc(F)cc2)n(-c2ccc(F)cc2)c1=S. The van der Waals surface area contributed by atoms with Gasteiger partial charge in [-0.15, -0.1) is 5.10 Å². The molecule has 0 aliphatic carbocycles. The van der Waals surface area contributed by atoms with Gasteiger partial charge in [0.25, 0.3) is 0 Å². The van der Waals surface area contributed by atoms with Gasteiger partial charge in [0, 0.05) is 19.2 Å². The summed E-state index contributed by atoms with van der Waals surface area (Å²) >= 11 is 5.80. The second kappa shape index (κ2) is 9.52.